The van der Waals surface area contributed by atoms with Crippen LogP contribution >= 0.6 is 0 Å². The van der Waals surface area contributed by atoms with E-state index >= 15 is 0 Å². The van der Waals surface area contributed by atoms with Crippen LogP contribution in [0.2, 0.25) is 0 Å². The van der Waals surface area contributed by atoms with Crippen molar-refractivity contribution in [3.63, 3.8) is 0 Å². The minimum atomic E-state index is -4.66. The third-order valence-electron chi connectivity index (χ3n) is 4.88. The van der Waals surface area contributed by atoms with Crippen LogP contribution in [0, 0.1) is 0 Å². The quantitative estimate of drug-likeness (QED) is 0.474. The molecule has 0 amide bonds. The van der Waals surface area contributed by atoms with E-state index in [9.17, 15) is 26.3 Å². The number of benzene rings is 2. The van der Waals surface area contributed by atoms with Gasteiger partial charge in [0, 0.05) is 44.9 Å². The Morgan fingerprint density at radius 2 is 1.44 bits per heavy atom. The first-order valence-corrected chi connectivity index (χ1v) is 10.5. The minimum absolute atomic E-state index is 0. The Bertz CT molecular complexity index is 945. The Kier molecular flexibility index (Phi) is 15.4. The number of aliphatic imine (C=N–C) groups is 1. The van der Waals surface area contributed by atoms with Crippen LogP contribution in [0.5, 0.6) is 11.5 Å². The summed E-state index contributed by atoms with van der Waals surface area (Å²) < 4.78 is 80.9. The average Bonchev–Trinajstić information content (AvgIpc) is 3.49. The molecule has 13 heteroatoms. The summed E-state index contributed by atoms with van der Waals surface area (Å²) in [5.41, 5.74) is 1.72. The number of para-hydroxylation sites is 2. The molecule has 3 radical (unpaired) electrons. The average molecular weight is 527 g/mol. The van der Waals surface area contributed by atoms with Crippen molar-refractivity contribution in [2.75, 3.05) is 20.2 Å². The normalized spacial score (nSPS) is 16.7. The van der Waals surface area contributed by atoms with E-state index in [1.807, 2.05) is 0 Å². The third-order valence-corrected chi connectivity index (χ3v) is 4.88. The Balaban J connectivity index is 0. The molecule has 1 saturated heterocycles. The van der Waals surface area contributed by atoms with Gasteiger partial charge in [0.2, 0.25) is 0 Å². The van der Waals surface area contributed by atoms with Gasteiger partial charge >= 0.3 is 42.3 Å². The molecule has 2 aromatic rings. The minimum Gasteiger partial charge on any atom is -1.00 e. The van der Waals surface area contributed by atoms with Gasteiger partial charge in [0.15, 0.2) is 0 Å². The maximum absolute atomic E-state index is 12.2. The number of aliphatic hydroxyl groups excluding tert-OH is 1. The fourth-order valence-corrected chi connectivity index (χ4v) is 3.61. The van der Waals surface area contributed by atoms with Crippen molar-refractivity contribution in [1.82, 2.24) is 5.32 Å². The van der Waals surface area contributed by atoms with Crippen molar-refractivity contribution in [2.45, 2.75) is 44.4 Å². The van der Waals surface area contributed by atoms with Gasteiger partial charge in [-0.3, -0.25) is 4.99 Å². The van der Waals surface area contributed by atoms with E-state index in [4.69, 9.17) is 5.11 Å². The van der Waals surface area contributed by atoms with Crippen LogP contribution in [0.1, 0.15) is 44.3 Å². The van der Waals surface area contributed by atoms with Gasteiger partial charge in [-0.1, -0.05) is 30.3 Å². The van der Waals surface area contributed by atoms with E-state index in [0.29, 0.717) is 29.8 Å². The molecule has 1 unspecified atom stereocenters. The van der Waals surface area contributed by atoms with Crippen molar-refractivity contribution in [2.24, 2.45) is 4.99 Å². The zero-order valence-corrected chi connectivity index (χ0v) is 22.0. The first kappa shape index (κ1) is 34.3. The predicted molar refractivity (Wildman–Crippen MR) is 122 cm³/mol. The SMILES string of the molecule is CO.FC(F)(F)Oc1ccccc1C1=NCCC1.FC(F)(F)Oc1ccccc1C1CCCN1.[B].[H-].[Na+]. The number of hydrogen-bond acceptors (Lipinski definition) is 5. The van der Waals surface area contributed by atoms with Crippen LogP contribution in [-0.4, -0.2) is 52.2 Å². The summed E-state index contributed by atoms with van der Waals surface area (Å²) in [5, 5.41) is 10.2. The Morgan fingerprint density at radius 1 is 0.889 bits per heavy atom. The van der Waals surface area contributed by atoms with Crippen LogP contribution in [0.15, 0.2) is 53.5 Å². The predicted octanol–water partition coefficient (Wildman–Crippen LogP) is 2.52. The molecule has 193 valence electrons. The first-order valence-electron chi connectivity index (χ1n) is 10.5. The van der Waals surface area contributed by atoms with Crippen LogP contribution in [0.25, 0.3) is 0 Å². The standard InChI is InChI=1S/C11H12F3NO.C11H10F3NO.CH4O.B.Na.H/c2*12-11(13,14)16-10-6-2-1-4-8(10)9-5-3-7-15-9;1-2;;;/h1-2,4,6,9,15H,3,5,7H2;1-2,4,6H,3,5,7H2;2H,1H3;;;/q;;;;+1;-1. The molecule has 1 atom stereocenters. The molecule has 0 bridgehead atoms. The van der Waals surface area contributed by atoms with E-state index in [1.165, 1.54) is 18.2 Å². The first-order chi connectivity index (χ1) is 16.1. The molecule has 0 spiro atoms. The van der Waals surface area contributed by atoms with Gasteiger partial charge in [-0.05, 0) is 50.4 Å². The molecule has 36 heavy (non-hydrogen) atoms. The summed E-state index contributed by atoms with van der Waals surface area (Å²) in [5.74, 6) is -0.273. The van der Waals surface area contributed by atoms with E-state index < -0.39 is 12.7 Å². The molecule has 0 aliphatic carbocycles. The molecule has 0 saturated carbocycles. The maximum atomic E-state index is 12.2. The number of nitrogens with one attached hydrogen (secondary N) is 1. The summed E-state index contributed by atoms with van der Waals surface area (Å²) >= 11 is 0. The van der Waals surface area contributed by atoms with Crippen LogP contribution < -0.4 is 44.3 Å². The molecule has 2 N–H and O–H groups in total. The van der Waals surface area contributed by atoms with Crippen molar-refractivity contribution >= 4 is 14.1 Å². The van der Waals surface area contributed by atoms with E-state index in [1.54, 1.807) is 30.3 Å². The van der Waals surface area contributed by atoms with E-state index in [-0.39, 0.29) is 56.9 Å². The molecule has 0 aromatic heterocycles. The fourth-order valence-electron chi connectivity index (χ4n) is 3.61. The van der Waals surface area contributed by atoms with Crippen LogP contribution in [-0.2, 0) is 0 Å². The zero-order valence-electron chi connectivity index (χ0n) is 21.0. The Morgan fingerprint density at radius 3 is 1.97 bits per heavy atom. The number of halogens is 6. The summed E-state index contributed by atoms with van der Waals surface area (Å²) in [7, 11) is 1.00. The van der Waals surface area contributed by atoms with Gasteiger partial charge < -0.3 is 21.3 Å². The molecule has 5 nitrogen and oxygen atoms in total. The third kappa shape index (κ3) is 11.6. The van der Waals surface area contributed by atoms with Crippen molar-refractivity contribution in [1.29, 1.82) is 0 Å². The van der Waals surface area contributed by atoms with Crippen LogP contribution in [0.4, 0.5) is 26.3 Å². The molecule has 1 fully saturated rings. The summed E-state index contributed by atoms with van der Waals surface area (Å²) in [6.45, 7) is 1.51. The maximum Gasteiger partial charge on any atom is 1.00 e. The van der Waals surface area contributed by atoms with Gasteiger partial charge in [0.25, 0.3) is 0 Å². The molecular formula is C23H27BF6N2NaO3. The second-order valence-electron chi connectivity index (χ2n) is 7.21. The smallest absolute Gasteiger partial charge is 1.00 e. The second-order valence-corrected chi connectivity index (χ2v) is 7.21. The van der Waals surface area contributed by atoms with E-state index in [2.05, 4.69) is 19.8 Å². The number of alkyl halides is 6. The summed E-state index contributed by atoms with van der Waals surface area (Å²) in [6, 6.07) is 12.4. The van der Waals surface area contributed by atoms with Crippen molar-refractivity contribution < 1.29 is 71.9 Å². The topological polar surface area (TPSA) is 63.1 Å². The van der Waals surface area contributed by atoms with Crippen molar-refractivity contribution in [3.05, 3.63) is 59.7 Å². The Hall–Kier alpha value is -1.73. The van der Waals surface area contributed by atoms with Crippen LogP contribution in [0.3, 0.4) is 0 Å². The monoisotopic (exact) mass is 527 g/mol. The molecule has 2 heterocycles. The summed E-state index contributed by atoms with van der Waals surface area (Å²) in [6.07, 6.45) is -5.87. The molecule has 2 aliphatic rings. The van der Waals surface area contributed by atoms with Gasteiger partial charge in [0.05, 0.1) is 0 Å². The fraction of sp³-hybridized carbons (Fsp3) is 0.435. The Labute approximate surface area is 231 Å². The largest absolute Gasteiger partial charge is 1.00 e. The molecule has 2 aliphatic heterocycles. The molecular weight excluding hydrogens is 500 g/mol. The second kappa shape index (κ2) is 16.2. The van der Waals surface area contributed by atoms with Crippen molar-refractivity contribution in [3.8, 4) is 11.5 Å². The van der Waals surface area contributed by atoms with E-state index in [0.717, 1.165) is 32.9 Å². The van der Waals surface area contributed by atoms with Gasteiger partial charge in [-0.2, -0.15) is 0 Å². The van der Waals surface area contributed by atoms with Gasteiger partial charge in [-0.25, -0.2) is 0 Å². The zero-order chi connectivity index (χ0) is 25.2. The number of hydrogen-bond donors (Lipinski definition) is 2. The summed E-state index contributed by atoms with van der Waals surface area (Å²) in [4.78, 5) is 4.17. The number of ether oxygens (including phenoxy) is 2. The van der Waals surface area contributed by atoms with Gasteiger partial charge in [0.1, 0.15) is 11.5 Å². The molecule has 4 rings (SSSR count). The van der Waals surface area contributed by atoms with Gasteiger partial charge in [-0.15, -0.1) is 26.3 Å². The number of rotatable bonds is 4. The number of aliphatic hydroxyl groups is 1. The molecule has 2 aromatic carbocycles. The number of nitrogens with zero attached hydrogens (tertiary/aromatic N) is 1.